The zero-order valence-electron chi connectivity index (χ0n) is 16.2. The van der Waals surface area contributed by atoms with Crippen LogP contribution in [0.1, 0.15) is 26.2 Å². The number of carbonyl (C=O) groups is 1. The van der Waals surface area contributed by atoms with Gasteiger partial charge in [0.1, 0.15) is 5.75 Å². The zero-order chi connectivity index (χ0) is 19.3. The van der Waals surface area contributed by atoms with Crippen molar-refractivity contribution in [2.24, 2.45) is 0 Å². The van der Waals surface area contributed by atoms with E-state index in [1.165, 1.54) is 24.9 Å². The van der Waals surface area contributed by atoms with Crippen LogP contribution in [0.25, 0.3) is 10.8 Å². The number of fused-ring (bicyclic) bond motifs is 1. The summed E-state index contributed by atoms with van der Waals surface area (Å²) in [7, 11) is 0. The number of hydrogen-bond acceptors (Lipinski definition) is 3. The van der Waals surface area contributed by atoms with Gasteiger partial charge in [0.2, 0.25) is 0 Å². The molecule has 4 heteroatoms. The van der Waals surface area contributed by atoms with Crippen molar-refractivity contribution >= 4 is 28.1 Å². The summed E-state index contributed by atoms with van der Waals surface area (Å²) in [4.78, 5) is 14.9. The first-order valence-electron chi connectivity index (χ1n) is 10.0. The van der Waals surface area contributed by atoms with Crippen LogP contribution in [0.15, 0.2) is 66.7 Å². The van der Waals surface area contributed by atoms with Crippen LogP contribution in [-0.4, -0.2) is 25.1 Å². The van der Waals surface area contributed by atoms with Crippen LogP contribution in [0.4, 0.5) is 11.4 Å². The number of anilines is 2. The Kier molecular flexibility index (Phi) is 5.47. The molecular weight excluding hydrogens is 348 g/mol. The predicted octanol–water partition coefficient (Wildman–Crippen LogP) is 5.24. The van der Waals surface area contributed by atoms with E-state index in [9.17, 15) is 4.79 Å². The third-order valence-electron chi connectivity index (χ3n) is 5.26. The predicted molar refractivity (Wildman–Crippen MR) is 115 cm³/mol. The quantitative estimate of drug-likeness (QED) is 0.664. The lowest BCUT2D eigenvalue weighted by molar-refractivity contribution is -0.122. The number of amides is 1. The van der Waals surface area contributed by atoms with Gasteiger partial charge >= 0.3 is 0 Å². The fraction of sp³-hybridized carbons (Fsp3) is 0.292. The molecule has 144 valence electrons. The van der Waals surface area contributed by atoms with Crippen molar-refractivity contribution in [3.8, 4) is 5.75 Å². The molecule has 3 aromatic rings. The molecule has 28 heavy (non-hydrogen) atoms. The van der Waals surface area contributed by atoms with Crippen molar-refractivity contribution in [1.29, 1.82) is 0 Å². The molecule has 0 bridgehead atoms. The van der Waals surface area contributed by atoms with Crippen LogP contribution >= 0.6 is 0 Å². The maximum Gasteiger partial charge on any atom is 0.265 e. The van der Waals surface area contributed by atoms with Gasteiger partial charge in [-0.2, -0.15) is 0 Å². The standard InChI is InChI=1S/C24H26N2O2/c1-18(28-23-14-9-19-7-3-4-8-20(19)17-23)24(27)25-21-10-12-22(13-11-21)26-15-5-2-6-16-26/h3-4,7-14,17-18H,2,5-6,15-16H2,1H3,(H,25,27). The van der Waals surface area contributed by atoms with Gasteiger partial charge in [-0.15, -0.1) is 0 Å². The number of nitrogens with one attached hydrogen (secondary N) is 1. The van der Waals surface area contributed by atoms with Crippen LogP contribution in [0.5, 0.6) is 5.75 Å². The first kappa shape index (κ1) is 18.4. The molecular formula is C24H26N2O2. The van der Waals surface area contributed by atoms with E-state index in [0.717, 1.165) is 29.5 Å². The number of piperidine rings is 1. The lowest BCUT2D eigenvalue weighted by Crippen LogP contribution is -2.30. The molecule has 1 saturated heterocycles. The number of benzene rings is 3. The van der Waals surface area contributed by atoms with Crippen molar-refractivity contribution in [3.63, 3.8) is 0 Å². The minimum atomic E-state index is -0.581. The third-order valence-corrected chi connectivity index (χ3v) is 5.26. The van der Waals surface area contributed by atoms with Gasteiger partial charge in [-0.1, -0.05) is 30.3 Å². The summed E-state index contributed by atoms with van der Waals surface area (Å²) in [5, 5.41) is 5.20. The topological polar surface area (TPSA) is 41.6 Å². The molecule has 1 aliphatic rings. The second-order valence-corrected chi connectivity index (χ2v) is 7.35. The summed E-state index contributed by atoms with van der Waals surface area (Å²) < 4.78 is 5.86. The van der Waals surface area contributed by atoms with Gasteiger partial charge in [0.15, 0.2) is 6.10 Å². The normalized spacial score (nSPS) is 15.2. The molecule has 0 spiro atoms. The first-order chi connectivity index (χ1) is 13.7. The van der Waals surface area contributed by atoms with E-state index in [-0.39, 0.29) is 5.91 Å². The van der Waals surface area contributed by atoms with Gasteiger partial charge in [-0.05, 0) is 73.4 Å². The Bertz CT molecular complexity index is 946. The lowest BCUT2D eigenvalue weighted by Gasteiger charge is -2.28. The van der Waals surface area contributed by atoms with Crippen molar-refractivity contribution in [3.05, 3.63) is 66.7 Å². The van der Waals surface area contributed by atoms with E-state index in [0.29, 0.717) is 5.75 Å². The van der Waals surface area contributed by atoms with Crippen LogP contribution in [0.2, 0.25) is 0 Å². The fourth-order valence-electron chi connectivity index (χ4n) is 3.65. The Balaban J connectivity index is 1.36. The Labute approximate surface area is 166 Å². The monoisotopic (exact) mass is 374 g/mol. The Morgan fingerprint density at radius 3 is 2.39 bits per heavy atom. The van der Waals surface area contributed by atoms with Gasteiger partial charge in [-0.3, -0.25) is 4.79 Å². The highest BCUT2D eigenvalue weighted by molar-refractivity contribution is 5.94. The Morgan fingerprint density at radius 1 is 0.929 bits per heavy atom. The first-order valence-corrected chi connectivity index (χ1v) is 10.0. The third kappa shape index (κ3) is 4.28. The highest BCUT2D eigenvalue weighted by atomic mass is 16.5. The van der Waals surface area contributed by atoms with Gasteiger partial charge in [0.25, 0.3) is 5.91 Å². The number of carbonyl (C=O) groups excluding carboxylic acids is 1. The van der Waals surface area contributed by atoms with E-state index < -0.39 is 6.10 Å². The largest absolute Gasteiger partial charge is 0.481 e. The highest BCUT2D eigenvalue weighted by Gasteiger charge is 2.16. The van der Waals surface area contributed by atoms with E-state index in [4.69, 9.17) is 4.74 Å². The average Bonchev–Trinajstić information content (AvgIpc) is 2.75. The zero-order valence-corrected chi connectivity index (χ0v) is 16.2. The lowest BCUT2D eigenvalue weighted by atomic mass is 10.1. The molecule has 0 saturated carbocycles. The molecule has 1 atom stereocenters. The maximum atomic E-state index is 12.5. The summed E-state index contributed by atoms with van der Waals surface area (Å²) in [5.41, 5.74) is 2.01. The number of rotatable bonds is 5. The number of ether oxygens (including phenoxy) is 1. The van der Waals surface area contributed by atoms with Gasteiger partial charge in [-0.25, -0.2) is 0 Å². The van der Waals surface area contributed by atoms with Crippen LogP contribution < -0.4 is 15.0 Å². The van der Waals surface area contributed by atoms with Crippen LogP contribution in [0, 0.1) is 0 Å². The number of hydrogen-bond donors (Lipinski definition) is 1. The highest BCUT2D eigenvalue weighted by Crippen LogP contribution is 2.23. The molecule has 1 amide bonds. The van der Waals surface area contributed by atoms with E-state index in [1.807, 2.05) is 48.5 Å². The number of nitrogens with zero attached hydrogens (tertiary/aromatic N) is 1. The minimum Gasteiger partial charge on any atom is -0.481 e. The molecule has 1 heterocycles. The van der Waals surface area contributed by atoms with E-state index >= 15 is 0 Å². The van der Waals surface area contributed by atoms with Crippen molar-refractivity contribution < 1.29 is 9.53 Å². The fourth-order valence-corrected chi connectivity index (χ4v) is 3.65. The van der Waals surface area contributed by atoms with Crippen molar-refractivity contribution in [1.82, 2.24) is 0 Å². The van der Waals surface area contributed by atoms with Gasteiger partial charge in [0.05, 0.1) is 0 Å². The average molecular weight is 374 g/mol. The molecule has 1 aliphatic heterocycles. The Morgan fingerprint density at radius 2 is 1.64 bits per heavy atom. The Hall–Kier alpha value is -3.01. The van der Waals surface area contributed by atoms with Gasteiger partial charge < -0.3 is 15.0 Å². The van der Waals surface area contributed by atoms with Crippen molar-refractivity contribution in [2.45, 2.75) is 32.3 Å². The second kappa shape index (κ2) is 8.34. The molecule has 1 unspecified atom stereocenters. The van der Waals surface area contributed by atoms with E-state index in [1.54, 1.807) is 6.92 Å². The molecule has 1 fully saturated rings. The summed E-state index contributed by atoms with van der Waals surface area (Å²) >= 11 is 0. The molecule has 3 aromatic carbocycles. The van der Waals surface area contributed by atoms with Crippen LogP contribution in [-0.2, 0) is 4.79 Å². The molecule has 4 rings (SSSR count). The minimum absolute atomic E-state index is 0.154. The molecule has 1 N–H and O–H groups in total. The molecule has 0 radical (unpaired) electrons. The molecule has 0 aromatic heterocycles. The molecule has 4 nitrogen and oxygen atoms in total. The van der Waals surface area contributed by atoms with E-state index in [2.05, 4.69) is 28.4 Å². The maximum absolute atomic E-state index is 12.5. The smallest absolute Gasteiger partial charge is 0.265 e. The summed E-state index contributed by atoms with van der Waals surface area (Å²) in [6.07, 6.45) is 3.24. The summed E-state index contributed by atoms with van der Waals surface area (Å²) in [6.45, 7) is 4.00. The van der Waals surface area contributed by atoms with Gasteiger partial charge in [0, 0.05) is 24.5 Å². The summed E-state index contributed by atoms with van der Waals surface area (Å²) in [5.74, 6) is 0.542. The SMILES string of the molecule is CC(Oc1ccc2ccccc2c1)C(=O)Nc1ccc(N2CCCCC2)cc1. The molecule has 0 aliphatic carbocycles. The van der Waals surface area contributed by atoms with Crippen molar-refractivity contribution in [2.75, 3.05) is 23.3 Å². The van der Waals surface area contributed by atoms with Crippen LogP contribution in [0.3, 0.4) is 0 Å². The second-order valence-electron chi connectivity index (χ2n) is 7.35. The summed E-state index contributed by atoms with van der Waals surface area (Å²) in [6, 6.07) is 22.1.